The summed E-state index contributed by atoms with van der Waals surface area (Å²) >= 11 is 0. The molecule has 0 aliphatic carbocycles. The largest absolute Gasteiger partial charge is 0.461 e. The summed E-state index contributed by atoms with van der Waals surface area (Å²) < 4.78 is 19.8. The SMILES string of the molecule is O=C(CCn1ncc(=O)c2ccccc21)OCc1cccc(F)c1. The number of nitrogens with zero attached hydrogens (tertiary/aromatic N) is 2. The molecule has 6 heteroatoms. The molecule has 0 radical (unpaired) electrons. The number of aryl methyl sites for hydroxylation is 1. The number of benzene rings is 2. The van der Waals surface area contributed by atoms with E-state index in [1.165, 1.54) is 18.3 Å². The smallest absolute Gasteiger partial charge is 0.308 e. The van der Waals surface area contributed by atoms with Crippen LogP contribution in [0.1, 0.15) is 12.0 Å². The average molecular weight is 326 g/mol. The second kappa shape index (κ2) is 7.04. The van der Waals surface area contributed by atoms with Crippen LogP contribution in [0.5, 0.6) is 0 Å². The summed E-state index contributed by atoms with van der Waals surface area (Å²) in [4.78, 5) is 23.6. The molecule has 122 valence electrons. The zero-order chi connectivity index (χ0) is 16.9. The van der Waals surface area contributed by atoms with Crippen molar-refractivity contribution in [1.29, 1.82) is 0 Å². The predicted molar refractivity (Wildman–Crippen MR) is 86.8 cm³/mol. The van der Waals surface area contributed by atoms with Crippen molar-refractivity contribution in [2.75, 3.05) is 0 Å². The van der Waals surface area contributed by atoms with Gasteiger partial charge in [0, 0.05) is 5.39 Å². The van der Waals surface area contributed by atoms with Gasteiger partial charge >= 0.3 is 5.97 Å². The number of hydrogen-bond acceptors (Lipinski definition) is 4. The monoisotopic (exact) mass is 326 g/mol. The van der Waals surface area contributed by atoms with Gasteiger partial charge in [-0.05, 0) is 29.8 Å². The summed E-state index contributed by atoms with van der Waals surface area (Å²) in [6.45, 7) is 0.317. The van der Waals surface area contributed by atoms with Gasteiger partial charge in [0.05, 0.1) is 24.7 Å². The summed E-state index contributed by atoms with van der Waals surface area (Å²) in [5.41, 5.74) is 1.11. The highest BCUT2D eigenvalue weighted by Gasteiger charge is 2.08. The van der Waals surface area contributed by atoms with E-state index in [1.54, 1.807) is 35.0 Å². The Balaban J connectivity index is 1.63. The van der Waals surface area contributed by atoms with Gasteiger partial charge in [-0.2, -0.15) is 5.10 Å². The summed E-state index contributed by atoms with van der Waals surface area (Å²) in [6, 6.07) is 13.0. The first-order chi connectivity index (χ1) is 11.6. The predicted octanol–water partition coefficient (Wildman–Crippen LogP) is 2.67. The highest BCUT2D eigenvalue weighted by molar-refractivity contribution is 5.78. The average Bonchev–Trinajstić information content (AvgIpc) is 2.60. The third-order valence-electron chi connectivity index (χ3n) is 3.58. The van der Waals surface area contributed by atoms with Crippen LogP contribution in [-0.2, 0) is 22.7 Å². The lowest BCUT2D eigenvalue weighted by Gasteiger charge is -2.09. The van der Waals surface area contributed by atoms with Crippen LogP contribution in [0.4, 0.5) is 4.39 Å². The second-order valence-electron chi connectivity index (χ2n) is 5.29. The number of halogens is 1. The number of carbonyl (C=O) groups excluding carboxylic acids is 1. The number of fused-ring (bicyclic) bond motifs is 1. The van der Waals surface area contributed by atoms with Crippen LogP contribution in [-0.4, -0.2) is 15.7 Å². The molecule has 0 bridgehead atoms. The van der Waals surface area contributed by atoms with Crippen LogP contribution in [0.3, 0.4) is 0 Å². The molecule has 0 fully saturated rings. The van der Waals surface area contributed by atoms with E-state index in [0.29, 0.717) is 23.0 Å². The van der Waals surface area contributed by atoms with Gasteiger partial charge in [0.15, 0.2) is 0 Å². The van der Waals surface area contributed by atoms with Gasteiger partial charge in [0.2, 0.25) is 5.43 Å². The molecule has 3 aromatic rings. The Labute approximate surface area is 137 Å². The summed E-state index contributed by atoms with van der Waals surface area (Å²) in [5, 5.41) is 4.61. The molecule has 0 saturated carbocycles. The Morgan fingerprint density at radius 1 is 1.17 bits per heavy atom. The van der Waals surface area contributed by atoms with Gasteiger partial charge < -0.3 is 4.74 Å². The second-order valence-corrected chi connectivity index (χ2v) is 5.29. The van der Waals surface area contributed by atoms with E-state index in [9.17, 15) is 14.0 Å². The van der Waals surface area contributed by atoms with Gasteiger partial charge in [-0.1, -0.05) is 24.3 Å². The minimum Gasteiger partial charge on any atom is -0.461 e. The van der Waals surface area contributed by atoms with Crippen molar-refractivity contribution in [3.8, 4) is 0 Å². The summed E-state index contributed by atoms with van der Waals surface area (Å²) in [7, 11) is 0. The Hall–Kier alpha value is -3.02. The highest BCUT2D eigenvalue weighted by atomic mass is 19.1. The van der Waals surface area contributed by atoms with E-state index in [4.69, 9.17) is 4.74 Å². The molecule has 0 amide bonds. The third-order valence-corrected chi connectivity index (χ3v) is 3.58. The molecule has 24 heavy (non-hydrogen) atoms. The van der Waals surface area contributed by atoms with E-state index in [0.717, 1.165) is 0 Å². The summed E-state index contributed by atoms with van der Waals surface area (Å²) in [6.07, 6.45) is 1.34. The number of hydrogen-bond donors (Lipinski definition) is 0. The summed E-state index contributed by atoms with van der Waals surface area (Å²) in [5.74, 6) is -0.781. The van der Waals surface area contributed by atoms with Crippen LogP contribution in [0.25, 0.3) is 10.9 Å². The number of para-hydroxylation sites is 1. The number of aromatic nitrogens is 2. The number of rotatable bonds is 5. The van der Waals surface area contributed by atoms with Crippen LogP contribution in [0.2, 0.25) is 0 Å². The fourth-order valence-corrected chi connectivity index (χ4v) is 2.40. The van der Waals surface area contributed by atoms with Crippen LogP contribution in [0.15, 0.2) is 59.5 Å². The Morgan fingerprint density at radius 3 is 2.83 bits per heavy atom. The van der Waals surface area contributed by atoms with Crippen LogP contribution >= 0.6 is 0 Å². The van der Waals surface area contributed by atoms with Crippen LogP contribution in [0, 0.1) is 5.82 Å². The normalized spacial score (nSPS) is 10.7. The van der Waals surface area contributed by atoms with Gasteiger partial charge in [-0.3, -0.25) is 14.3 Å². The lowest BCUT2D eigenvalue weighted by molar-refractivity contribution is -0.145. The molecule has 1 heterocycles. The van der Waals surface area contributed by atoms with E-state index >= 15 is 0 Å². The zero-order valence-corrected chi connectivity index (χ0v) is 12.8. The van der Waals surface area contributed by atoms with E-state index in [-0.39, 0.29) is 24.3 Å². The molecular formula is C18H15FN2O3. The highest BCUT2D eigenvalue weighted by Crippen LogP contribution is 2.09. The maximum absolute atomic E-state index is 13.1. The molecule has 0 atom stereocenters. The van der Waals surface area contributed by atoms with Crippen molar-refractivity contribution in [2.45, 2.75) is 19.6 Å². The number of esters is 1. The molecule has 0 aliphatic rings. The topological polar surface area (TPSA) is 61.2 Å². The molecule has 5 nitrogen and oxygen atoms in total. The molecule has 0 spiro atoms. The lowest BCUT2D eigenvalue weighted by atomic mass is 10.2. The van der Waals surface area contributed by atoms with Crippen molar-refractivity contribution in [2.24, 2.45) is 0 Å². The maximum atomic E-state index is 13.1. The first-order valence-electron chi connectivity index (χ1n) is 7.48. The molecule has 3 rings (SSSR count). The van der Waals surface area contributed by atoms with E-state index in [2.05, 4.69) is 5.10 Å². The van der Waals surface area contributed by atoms with Gasteiger partial charge in [-0.25, -0.2) is 4.39 Å². The minimum absolute atomic E-state index is 0.0228. The van der Waals surface area contributed by atoms with Gasteiger partial charge in [0.25, 0.3) is 0 Å². The fraction of sp³-hybridized carbons (Fsp3) is 0.167. The molecule has 0 aliphatic heterocycles. The Bertz CT molecular complexity index is 937. The van der Waals surface area contributed by atoms with Crippen molar-refractivity contribution in [1.82, 2.24) is 9.78 Å². The minimum atomic E-state index is -0.413. The number of carbonyl (C=O) groups is 1. The fourth-order valence-electron chi connectivity index (χ4n) is 2.40. The molecular weight excluding hydrogens is 311 g/mol. The molecule has 2 aromatic carbocycles. The standard InChI is InChI=1S/C18H15FN2O3/c19-14-5-3-4-13(10-14)12-24-18(23)8-9-21-16-7-2-1-6-15(16)17(22)11-20-21/h1-7,10-11H,8-9,12H2. The van der Waals surface area contributed by atoms with Crippen molar-refractivity contribution in [3.63, 3.8) is 0 Å². The van der Waals surface area contributed by atoms with Crippen molar-refractivity contribution < 1.29 is 13.9 Å². The van der Waals surface area contributed by atoms with Gasteiger partial charge in [-0.15, -0.1) is 0 Å². The zero-order valence-electron chi connectivity index (χ0n) is 12.8. The molecule has 0 saturated heterocycles. The van der Waals surface area contributed by atoms with E-state index < -0.39 is 5.97 Å². The lowest BCUT2D eigenvalue weighted by Crippen LogP contribution is -2.15. The third kappa shape index (κ3) is 3.65. The first kappa shape index (κ1) is 15.9. The van der Waals surface area contributed by atoms with Crippen LogP contribution < -0.4 is 5.43 Å². The molecule has 0 N–H and O–H groups in total. The van der Waals surface area contributed by atoms with Crippen molar-refractivity contribution in [3.05, 3.63) is 76.3 Å². The number of ether oxygens (including phenoxy) is 1. The van der Waals surface area contributed by atoms with E-state index in [1.807, 2.05) is 6.07 Å². The quantitative estimate of drug-likeness (QED) is 0.676. The first-order valence-corrected chi connectivity index (χ1v) is 7.48. The Morgan fingerprint density at radius 2 is 2.00 bits per heavy atom. The molecule has 0 unspecified atom stereocenters. The Kier molecular flexibility index (Phi) is 4.65. The van der Waals surface area contributed by atoms with Gasteiger partial charge in [0.1, 0.15) is 12.4 Å². The maximum Gasteiger partial charge on any atom is 0.308 e. The van der Waals surface area contributed by atoms with Crippen molar-refractivity contribution >= 4 is 16.9 Å². The molecule has 1 aromatic heterocycles.